The smallest absolute Gasteiger partial charge is 0.335 e. The molecule has 7 nitrogen and oxygen atoms in total. The number of amidine groups is 1. The van der Waals surface area contributed by atoms with Crippen LogP contribution in [-0.2, 0) is 11.4 Å². The predicted octanol–water partition coefficient (Wildman–Crippen LogP) is 8.06. The Morgan fingerprint density at radius 1 is 1.13 bits per heavy atom. The van der Waals surface area contributed by atoms with Crippen LogP contribution in [0.5, 0.6) is 11.5 Å². The first-order chi connectivity index (χ1) is 18.7. The van der Waals surface area contributed by atoms with Gasteiger partial charge >= 0.3 is 5.97 Å². The number of aliphatic imine (C=N–C) groups is 1. The molecule has 1 saturated heterocycles. The van der Waals surface area contributed by atoms with E-state index in [1.807, 2.05) is 19.9 Å². The quantitative estimate of drug-likeness (QED) is 0.236. The van der Waals surface area contributed by atoms with Gasteiger partial charge in [0.1, 0.15) is 6.61 Å². The molecule has 0 atom stereocenters. The fourth-order valence-corrected chi connectivity index (χ4v) is 5.80. The summed E-state index contributed by atoms with van der Waals surface area (Å²) >= 11 is 17.1. The van der Waals surface area contributed by atoms with Crippen molar-refractivity contribution < 1.29 is 24.2 Å². The summed E-state index contributed by atoms with van der Waals surface area (Å²) in [6, 6.07) is 15.1. The van der Waals surface area contributed by atoms with Gasteiger partial charge in [-0.15, -0.1) is 0 Å². The van der Waals surface area contributed by atoms with Crippen molar-refractivity contribution in [3.05, 3.63) is 90.7 Å². The molecule has 0 aromatic heterocycles. The average molecular weight is 650 g/mol. The number of carbonyl (C=O) groups excluding carboxylic acids is 1. The summed E-state index contributed by atoms with van der Waals surface area (Å²) in [6.07, 6.45) is 1.76. The van der Waals surface area contributed by atoms with Crippen molar-refractivity contribution in [2.24, 2.45) is 4.99 Å². The molecule has 39 heavy (non-hydrogen) atoms. The molecule has 202 valence electrons. The third kappa shape index (κ3) is 6.97. The lowest BCUT2D eigenvalue weighted by Gasteiger charge is -2.15. The molecule has 0 spiro atoms. The van der Waals surface area contributed by atoms with Crippen molar-refractivity contribution in [2.45, 2.75) is 20.5 Å². The Morgan fingerprint density at radius 3 is 2.62 bits per heavy atom. The molecule has 0 aliphatic carbocycles. The Morgan fingerprint density at radius 2 is 1.92 bits per heavy atom. The lowest BCUT2D eigenvalue weighted by atomic mass is 10.1. The van der Waals surface area contributed by atoms with Crippen molar-refractivity contribution in [1.29, 1.82) is 0 Å². The van der Waals surface area contributed by atoms with Gasteiger partial charge in [0.2, 0.25) is 0 Å². The standard InChI is InChI=1S/C28H23BrCl2N2O5S/c1-3-33-26(34)24(39-28(33)32-20-7-5-6-17(13-20)27(35)36)12-16-10-21(29)25(23(11-16)37-4-2)38-15-18-8-9-19(30)14-22(18)31/h5-14H,3-4,15H2,1-2H3,(H,35,36)/b24-12+,32-28?. The number of amides is 1. The SMILES string of the molecule is CCOc1cc(/C=C2/SC(=Nc3cccc(C(=O)O)c3)N(CC)C2=O)cc(Br)c1OCc1ccc(Cl)cc1Cl. The highest BCUT2D eigenvalue weighted by Crippen LogP contribution is 2.40. The molecule has 0 radical (unpaired) electrons. The number of benzene rings is 3. The Labute approximate surface area is 248 Å². The Hall–Kier alpha value is -2.98. The molecular weight excluding hydrogens is 627 g/mol. The zero-order chi connectivity index (χ0) is 28.1. The summed E-state index contributed by atoms with van der Waals surface area (Å²) in [4.78, 5) is 31.1. The summed E-state index contributed by atoms with van der Waals surface area (Å²) < 4.78 is 12.6. The van der Waals surface area contributed by atoms with Crippen LogP contribution >= 0.6 is 50.9 Å². The zero-order valence-electron chi connectivity index (χ0n) is 20.9. The fourth-order valence-electron chi connectivity index (χ4n) is 3.70. The minimum absolute atomic E-state index is 0.124. The van der Waals surface area contributed by atoms with Crippen molar-refractivity contribution in [3.8, 4) is 11.5 Å². The Kier molecular flexibility index (Phi) is 9.61. The summed E-state index contributed by atoms with van der Waals surface area (Å²) in [5, 5.41) is 10.8. The number of hydrogen-bond acceptors (Lipinski definition) is 6. The second-order valence-corrected chi connectivity index (χ2v) is 10.9. The molecule has 1 aliphatic rings. The van der Waals surface area contributed by atoms with Gasteiger partial charge in [-0.1, -0.05) is 35.3 Å². The molecule has 0 saturated carbocycles. The fraction of sp³-hybridized carbons (Fsp3) is 0.179. The number of thioether (sulfide) groups is 1. The van der Waals surface area contributed by atoms with Crippen molar-refractivity contribution >= 4 is 79.7 Å². The van der Waals surface area contributed by atoms with E-state index in [9.17, 15) is 14.7 Å². The van der Waals surface area contributed by atoms with E-state index < -0.39 is 5.97 Å². The normalized spacial score (nSPS) is 15.3. The number of carboxylic acids is 1. The van der Waals surface area contributed by atoms with E-state index in [1.165, 1.54) is 23.9 Å². The number of rotatable bonds is 9. The molecule has 3 aromatic carbocycles. The van der Waals surface area contributed by atoms with Gasteiger partial charge in [-0.05, 0) is 95.6 Å². The first-order valence-electron chi connectivity index (χ1n) is 11.9. The highest BCUT2D eigenvalue weighted by molar-refractivity contribution is 9.10. The zero-order valence-corrected chi connectivity index (χ0v) is 24.8. The summed E-state index contributed by atoms with van der Waals surface area (Å²) in [6.45, 7) is 4.75. The van der Waals surface area contributed by atoms with Gasteiger partial charge in [0.25, 0.3) is 5.91 Å². The molecule has 1 amide bonds. The second kappa shape index (κ2) is 12.9. The highest BCUT2D eigenvalue weighted by Gasteiger charge is 2.32. The van der Waals surface area contributed by atoms with Crippen molar-refractivity contribution in [3.63, 3.8) is 0 Å². The number of likely N-dealkylation sites (N-methyl/N-ethyl adjacent to an activating group) is 1. The van der Waals surface area contributed by atoms with Crippen LogP contribution < -0.4 is 9.47 Å². The molecule has 4 rings (SSSR count). The molecule has 1 N–H and O–H groups in total. The van der Waals surface area contributed by atoms with Crippen LogP contribution in [0.1, 0.15) is 35.3 Å². The maximum atomic E-state index is 13.2. The topological polar surface area (TPSA) is 88.4 Å². The van der Waals surface area contributed by atoms with Gasteiger partial charge in [0, 0.05) is 22.2 Å². The molecular formula is C28H23BrCl2N2O5S. The Bertz CT molecular complexity index is 1490. The van der Waals surface area contributed by atoms with E-state index in [0.29, 0.717) is 54.9 Å². The third-order valence-corrected chi connectivity index (χ3v) is 7.72. The Balaban J connectivity index is 1.62. The summed E-state index contributed by atoms with van der Waals surface area (Å²) in [5.74, 6) is -0.223. The van der Waals surface area contributed by atoms with Gasteiger partial charge in [-0.2, -0.15) is 0 Å². The van der Waals surface area contributed by atoms with Crippen LogP contribution in [-0.4, -0.2) is 40.2 Å². The largest absolute Gasteiger partial charge is 0.490 e. The van der Waals surface area contributed by atoms with Crippen LogP contribution in [0.2, 0.25) is 10.0 Å². The van der Waals surface area contributed by atoms with Crippen LogP contribution in [0.3, 0.4) is 0 Å². The highest BCUT2D eigenvalue weighted by atomic mass is 79.9. The van der Waals surface area contributed by atoms with Crippen LogP contribution in [0.25, 0.3) is 6.08 Å². The molecule has 1 fully saturated rings. The van der Waals surface area contributed by atoms with Gasteiger partial charge in [-0.3, -0.25) is 9.69 Å². The predicted molar refractivity (Wildman–Crippen MR) is 160 cm³/mol. The van der Waals surface area contributed by atoms with E-state index in [-0.39, 0.29) is 18.1 Å². The maximum absolute atomic E-state index is 13.2. The number of aromatic carboxylic acids is 1. The van der Waals surface area contributed by atoms with Crippen LogP contribution in [0.15, 0.2) is 69.0 Å². The summed E-state index contributed by atoms with van der Waals surface area (Å²) in [7, 11) is 0. The minimum Gasteiger partial charge on any atom is -0.490 e. The van der Waals surface area contributed by atoms with Crippen LogP contribution in [0.4, 0.5) is 5.69 Å². The molecule has 1 aliphatic heterocycles. The molecule has 3 aromatic rings. The lowest BCUT2D eigenvalue weighted by molar-refractivity contribution is -0.122. The number of halogens is 3. The first-order valence-corrected chi connectivity index (χ1v) is 14.2. The number of carbonyl (C=O) groups is 2. The van der Waals surface area contributed by atoms with Crippen molar-refractivity contribution in [2.75, 3.05) is 13.2 Å². The number of nitrogens with zero attached hydrogens (tertiary/aromatic N) is 2. The van der Waals surface area contributed by atoms with E-state index in [1.54, 1.807) is 47.4 Å². The molecule has 0 unspecified atom stereocenters. The van der Waals surface area contributed by atoms with E-state index >= 15 is 0 Å². The van der Waals surface area contributed by atoms with Gasteiger partial charge in [-0.25, -0.2) is 9.79 Å². The maximum Gasteiger partial charge on any atom is 0.335 e. The lowest BCUT2D eigenvalue weighted by Crippen LogP contribution is -2.28. The van der Waals surface area contributed by atoms with Crippen LogP contribution in [0, 0.1) is 0 Å². The van der Waals surface area contributed by atoms with Gasteiger partial charge in [0.15, 0.2) is 16.7 Å². The monoisotopic (exact) mass is 648 g/mol. The number of carboxylic acid groups (broad SMARTS) is 1. The number of hydrogen-bond donors (Lipinski definition) is 1. The van der Waals surface area contributed by atoms with E-state index in [0.717, 1.165) is 11.1 Å². The average Bonchev–Trinajstić information content (AvgIpc) is 3.18. The van der Waals surface area contributed by atoms with Gasteiger partial charge in [0.05, 0.1) is 27.2 Å². The molecule has 1 heterocycles. The van der Waals surface area contributed by atoms with E-state index in [4.69, 9.17) is 32.7 Å². The van der Waals surface area contributed by atoms with Crippen molar-refractivity contribution in [1.82, 2.24) is 4.90 Å². The summed E-state index contributed by atoms with van der Waals surface area (Å²) in [5.41, 5.74) is 2.07. The molecule has 0 bridgehead atoms. The van der Waals surface area contributed by atoms with E-state index in [2.05, 4.69) is 20.9 Å². The molecule has 11 heteroatoms. The van der Waals surface area contributed by atoms with Gasteiger partial charge < -0.3 is 14.6 Å². The number of ether oxygens (including phenoxy) is 2. The minimum atomic E-state index is -1.04. The second-order valence-electron chi connectivity index (χ2n) is 8.20. The first kappa shape index (κ1) is 29.0. The third-order valence-electron chi connectivity index (χ3n) is 5.54.